The van der Waals surface area contributed by atoms with E-state index in [1.807, 2.05) is 0 Å². The number of nitrogens with two attached hydrogens (primary N) is 1. The van der Waals surface area contributed by atoms with Gasteiger partial charge in [-0.2, -0.15) is 4.68 Å². The first-order valence-electron chi connectivity index (χ1n) is 4.12. The molecule has 0 atom stereocenters. The molecule has 0 unspecified atom stereocenters. The van der Waals surface area contributed by atoms with E-state index >= 15 is 0 Å². The van der Waals surface area contributed by atoms with Gasteiger partial charge in [0.1, 0.15) is 0 Å². The molecule has 7 heteroatoms. The van der Waals surface area contributed by atoms with Gasteiger partial charge in [0.25, 0.3) is 0 Å². The Balaban J connectivity index is 2.29. The van der Waals surface area contributed by atoms with Crippen LogP contribution >= 0.6 is 11.6 Å². The van der Waals surface area contributed by atoms with Gasteiger partial charge >= 0.3 is 6.01 Å². The van der Waals surface area contributed by atoms with Crippen LogP contribution in [-0.4, -0.2) is 20.2 Å². The van der Waals surface area contributed by atoms with E-state index in [2.05, 4.69) is 15.5 Å². The second-order valence-electron chi connectivity index (χ2n) is 2.87. The highest BCUT2D eigenvalue weighted by atomic mass is 35.5. The van der Waals surface area contributed by atoms with Crippen LogP contribution in [-0.2, 0) is 7.05 Å². The van der Waals surface area contributed by atoms with Crippen LogP contribution < -0.4 is 10.5 Å². The van der Waals surface area contributed by atoms with Gasteiger partial charge in [-0.15, -0.1) is 0 Å². The zero-order valence-corrected chi connectivity index (χ0v) is 8.64. The number of nitrogens with zero attached hydrogens (tertiary/aromatic N) is 4. The van der Waals surface area contributed by atoms with E-state index in [1.165, 1.54) is 4.68 Å². The third-order valence-electron chi connectivity index (χ3n) is 1.75. The Kier molecular flexibility index (Phi) is 2.42. The van der Waals surface area contributed by atoms with Gasteiger partial charge in [0.2, 0.25) is 0 Å². The van der Waals surface area contributed by atoms with Gasteiger partial charge in [-0.05, 0) is 28.6 Å². The van der Waals surface area contributed by atoms with Gasteiger partial charge in [-0.25, -0.2) is 0 Å². The average Bonchev–Trinajstić information content (AvgIpc) is 2.57. The summed E-state index contributed by atoms with van der Waals surface area (Å²) in [5, 5.41) is 11.3. The van der Waals surface area contributed by atoms with Crippen LogP contribution in [0.3, 0.4) is 0 Å². The van der Waals surface area contributed by atoms with E-state index < -0.39 is 0 Å². The molecule has 15 heavy (non-hydrogen) atoms. The van der Waals surface area contributed by atoms with Crippen molar-refractivity contribution in [1.82, 2.24) is 20.2 Å². The Morgan fingerprint density at radius 2 is 2.27 bits per heavy atom. The topological polar surface area (TPSA) is 78.8 Å². The maximum Gasteiger partial charge on any atom is 0.340 e. The fourth-order valence-corrected chi connectivity index (χ4v) is 1.20. The second kappa shape index (κ2) is 3.74. The van der Waals surface area contributed by atoms with Gasteiger partial charge in [-0.1, -0.05) is 16.7 Å². The Morgan fingerprint density at radius 3 is 2.87 bits per heavy atom. The van der Waals surface area contributed by atoms with E-state index in [4.69, 9.17) is 22.1 Å². The number of rotatable bonds is 2. The highest BCUT2D eigenvalue weighted by molar-refractivity contribution is 6.30. The number of ether oxygens (including phenoxy) is 1. The molecule has 0 saturated carbocycles. The summed E-state index contributed by atoms with van der Waals surface area (Å²) in [5.74, 6) is 0.470. The molecule has 1 aromatic heterocycles. The third-order valence-corrected chi connectivity index (χ3v) is 1.99. The minimum atomic E-state index is 0.268. The number of aromatic nitrogens is 4. The largest absolute Gasteiger partial charge is 0.421 e. The Morgan fingerprint density at radius 1 is 1.47 bits per heavy atom. The summed E-state index contributed by atoms with van der Waals surface area (Å²) in [4.78, 5) is 0. The predicted octanol–water partition coefficient (Wildman–Crippen LogP) is 1.24. The summed E-state index contributed by atoms with van der Waals surface area (Å²) in [6, 6.07) is 5.20. The molecule has 0 aliphatic carbocycles. The monoisotopic (exact) mass is 225 g/mol. The lowest BCUT2D eigenvalue weighted by Gasteiger charge is -2.05. The molecule has 78 valence electrons. The van der Waals surface area contributed by atoms with Crippen molar-refractivity contribution >= 4 is 17.3 Å². The summed E-state index contributed by atoms with van der Waals surface area (Å²) in [6.45, 7) is 0. The zero-order chi connectivity index (χ0) is 10.8. The zero-order valence-electron chi connectivity index (χ0n) is 7.88. The number of anilines is 1. The van der Waals surface area contributed by atoms with Crippen LogP contribution in [0.15, 0.2) is 18.2 Å². The van der Waals surface area contributed by atoms with E-state index in [0.717, 1.165) is 0 Å². The van der Waals surface area contributed by atoms with E-state index in [9.17, 15) is 0 Å². The van der Waals surface area contributed by atoms with Gasteiger partial charge in [0, 0.05) is 12.1 Å². The molecule has 2 N–H and O–H groups in total. The SMILES string of the molecule is Cn1nnnc1Oc1ccc(Cl)cc1N. The van der Waals surface area contributed by atoms with E-state index in [1.54, 1.807) is 25.2 Å². The quantitative estimate of drug-likeness (QED) is 0.778. The van der Waals surface area contributed by atoms with Gasteiger partial charge in [-0.3, -0.25) is 0 Å². The Bertz CT molecular complexity index is 484. The first-order valence-corrected chi connectivity index (χ1v) is 4.50. The van der Waals surface area contributed by atoms with Crippen molar-refractivity contribution in [2.24, 2.45) is 7.05 Å². The molecule has 0 aliphatic rings. The molecule has 0 spiro atoms. The first kappa shape index (κ1) is 9.72. The van der Waals surface area contributed by atoms with E-state index in [-0.39, 0.29) is 6.01 Å². The molecule has 1 aromatic carbocycles. The molecule has 0 radical (unpaired) electrons. The normalized spacial score (nSPS) is 10.3. The van der Waals surface area contributed by atoms with Gasteiger partial charge in [0.05, 0.1) is 5.69 Å². The predicted molar refractivity (Wildman–Crippen MR) is 54.7 cm³/mol. The molecule has 0 aliphatic heterocycles. The van der Waals surface area contributed by atoms with Gasteiger partial charge < -0.3 is 10.5 Å². The van der Waals surface area contributed by atoms with Crippen molar-refractivity contribution in [3.05, 3.63) is 23.2 Å². The van der Waals surface area contributed by atoms with Crippen molar-refractivity contribution in [2.45, 2.75) is 0 Å². The van der Waals surface area contributed by atoms with Crippen LogP contribution in [0.5, 0.6) is 11.8 Å². The lowest BCUT2D eigenvalue weighted by molar-refractivity contribution is 0.416. The molecule has 0 fully saturated rings. The molecule has 2 aromatic rings. The van der Waals surface area contributed by atoms with Crippen LogP contribution in [0.2, 0.25) is 5.02 Å². The fraction of sp³-hybridized carbons (Fsp3) is 0.125. The first-order chi connectivity index (χ1) is 7.16. The smallest absolute Gasteiger partial charge is 0.340 e. The highest BCUT2D eigenvalue weighted by Crippen LogP contribution is 2.27. The lowest BCUT2D eigenvalue weighted by Crippen LogP contribution is -1.98. The van der Waals surface area contributed by atoms with Crippen molar-refractivity contribution in [3.8, 4) is 11.8 Å². The van der Waals surface area contributed by atoms with E-state index in [0.29, 0.717) is 16.5 Å². The number of hydrogen-bond acceptors (Lipinski definition) is 5. The number of aryl methyl sites for hydroxylation is 1. The van der Waals surface area contributed by atoms with Crippen molar-refractivity contribution in [1.29, 1.82) is 0 Å². The molecule has 0 saturated heterocycles. The number of benzene rings is 1. The average molecular weight is 226 g/mol. The summed E-state index contributed by atoms with van der Waals surface area (Å²) in [6.07, 6.45) is 0. The number of nitrogen functional groups attached to an aromatic ring is 1. The lowest BCUT2D eigenvalue weighted by atomic mass is 10.3. The molecular weight excluding hydrogens is 218 g/mol. The van der Waals surface area contributed by atoms with Crippen LogP contribution in [0.4, 0.5) is 5.69 Å². The highest BCUT2D eigenvalue weighted by Gasteiger charge is 2.07. The van der Waals surface area contributed by atoms with Crippen LogP contribution in [0, 0.1) is 0 Å². The number of hydrogen-bond donors (Lipinski definition) is 1. The summed E-state index contributed by atoms with van der Waals surface area (Å²) < 4.78 is 6.77. The molecule has 0 bridgehead atoms. The van der Waals surface area contributed by atoms with Crippen LogP contribution in [0.25, 0.3) is 0 Å². The number of tetrazole rings is 1. The maximum absolute atomic E-state index is 5.75. The minimum absolute atomic E-state index is 0.268. The van der Waals surface area contributed by atoms with Crippen LogP contribution in [0.1, 0.15) is 0 Å². The Hall–Kier alpha value is -1.82. The molecule has 6 nitrogen and oxygen atoms in total. The maximum atomic E-state index is 5.75. The number of halogens is 1. The summed E-state index contributed by atoms with van der Waals surface area (Å²) in [5.41, 5.74) is 6.14. The summed E-state index contributed by atoms with van der Waals surface area (Å²) >= 11 is 5.75. The molecule has 0 amide bonds. The molecule has 1 heterocycles. The van der Waals surface area contributed by atoms with Crippen molar-refractivity contribution in [2.75, 3.05) is 5.73 Å². The van der Waals surface area contributed by atoms with Gasteiger partial charge in [0.15, 0.2) is 5.75 Å². The molecular formula is C8H8ClN5O. The summed E-state index contributed by atoms with van der Waals surface area (Å²) in [7, 11) is 1.67. The standard InChI is InChI=1S/C8H8ClN5O/c1-14-8(11-12-13-14)15-7-3-2-5(9)4-6(7)10/h2-4H,10H2,1H3. The minimum Gasteiger partial charge on any atom is -0.421 e. The van der Waals surface area contributed by atoms with Crippen molar-refractivity contribution in [3.63, 3.8) is 0 Å². The second-order valence-corrected chi connectivity index (χ2v) is 3.31. The fourth-order valence-electron chi connectivity index (χ4n) is 1.02. The van der Waals surface area contributed by atoms with Crippen molar-refractivity contribution < 1.29 is 4.74 Å². The third kappa shape index (κ3) is 1.99. The molecule has 2 rings (SSSR count). The Labute approximate surface area is 90.6 Å².